The summed E-state index contributed by atoms with van der Waals surface area (Å²) in [5.74, 6) is 0.0279. The normalized spacial score (nSPS) is 10.1. The number of nitrogens with zero attached hydrogens (tertiary/aromatic N) is 2. The van der Waals surface area contributed by atoms with E-state index < -0.39 is 0 Å². The Hall–Kier alpha value is -3.74. The Morgan fingerprint density at radius 1 is 0.852 bits per heavy atom. The molecule has 7 heteroatoms. The van der Waals surface area contributed by atoms with Crippen molar-refractivity contribution < 1.29 is 9.59 Å². The quantitative estimate of drug-likeness (QED) is 0.643. The number of nitrogens with one attached hydrogen (secondary N) is 3. The van der Waals surface area contributed by atoms with Crippen LogP contribution in [0.1, 0.15) is 23.0 Å². The minimum Gasteiger partial charge on any atom is -0.340 e. The maximum atomic E-state index is 12.4. The number of benzene rings is 2. The lowest BCUT2D eigenvalue weighted by molar-refractivity contribution is -0.114. The van der Waals surface area contributed by atoms with Crippen molar-refractivity contribution in [3.05, 3.63) is 72.2 Å². The summed E-state index contributed by atoms with van der Waals surface area (Å²) in [6.45, 7) is 3.44. The molecule has 0 aliphatic carbocycles. The third-order valence-electron chi connectivity index (χ3n) is 3.65. The molecule has 3 aromatic rings. The summed E-state index contributed by atoms with van der Waals surface area (Å²) in [4.78, 5) is 31.7. The highest BCUT2D eigenvalue weighted by atomic mass is 16.2. The zero-order chi connectivity index (χ0) is 19.2. The second-order valence-corrected chi connectivity index (χ2v) is 6.00. The van der Waals surface area contributed by atoms with E-state index in [0.717, 1.165) is 11.3 Å². The lowest BCUT2D eigenvalue weighted by atomic mass is 10.2. The Balaban J connectivity index is 1.69. The third kappa shape index (κ3) is 5.12. The van der Waals surface area contributed by atoms with E-state index in [2.05, 4.69) is 25.9 Å². The molecule has 0 saturated carbocycles. The first kappa shape index (κ1) is 18.1. The van der Waals surface area contributed by atoms with Crippen LogP contribution in [0, 0.1) is 6.92 Å². The Kier molecular flexibility index (Phi) is 5.41. The first-order chi connectivity index (χ1) is 13.0. The van der Waals surface area contributed by atoms with E-state index in [-0.39, 0.29) is 17.5 Å². The number of carbonyl (C=O) groups excluding carboxylic acids is 2. The van der Waals surface area contributed by atoms with Gasteiger partial charge in [0.05, 0.1) is 0 Å². The number of aromatic nitrogens is 2. The molecule has 1 heterocycles. The molecule has 3 N–H and O–H groups in total. The van der Waals surface area contributed by atoms with Crippen molar-refractivity contribution in [1.82, 2.24) is 9.97 Å². The molecule has 0 unspecified atom stereocenters. The lowest BCUT2D eigenvalue weighted by Crippen LogP contribution is -2.14. The third-order valence-corrected chi connectivity index (χ3v) is 3.65. The Bertz CT molecular complexity index is 970. The molecule has 136 valence electrons. The zero-order valence-electron chi connectivity index (χ0n) is 15.0. The molecule has 0 aliphatic rings. The molecule has 0 saturated heterocycles. The number of hydrogen-bond donors (Lipinski definition) is 3. The average molecular weight is 361 g/mol. The van der Waals surface area contributed by atoms with E-state index in [9.17, 15) is 9.59 Å². The molecule has 1 aromatic heterocycles. The van der Waals surface area contributed by atoms with Crippen molar-refractivity contribution in [1.29, 1.82) is 0 Å². The monoisotopic (exact) mass is 361 g/mol. The summed E-state index contributed by atoms with van der Waals surface area (Å²) >= 11 is 0. The van der Waals surface area contributed by atoms with Crippen molar-refractivity contribution in [2.24, 2.45) is 0 Å². The summed E-state index contributed by atoms with van der Waals surface area (Å²) in [6.07, 6.45) is 1.34. The Morgan fingerprint density at radius 2 is 1.56 bits per heavy atom. The second-order valence-electron chi connectivity index (χ2n) is 6.00. The number of hydrogen-bond acceptors (Lipinski definition) is 5. The van der Waals surface area contributed by atoms with E-state index in [1.807, 2.05) is 31.2 Å². The van der Waals surface area contributed by atoms with Crippen LogP contribution in [0.3, 0.4) is 0 Å². The number of carbonyl (C=O) groups is 2. The van der Waals surface area contributed by atoms with Crippen LogP contribution in [0.25, 0.3) is 0 Å². The summed E-state index contributed by atoms with van der Waals surface area (Å²) in [6, 6.07) is 16.3. The van der Waals surface area contributed by atoms with Crippen LogP contribution in [0.2, 0.25) is 0 Å². The van der Waals surface area contributed by atoms with E-state index >= 15 is 0 Å². The lowest BCUT2D eigenvalue weighted by Gasteiger charge is -2.09. The van der Waals surface area contributed by atoms with Gasteiger partial charge in [0.25, 0.3) is 5.91 Å². The van der Waals surface area contributed by atoms with Crippen LogP contribution in [0.4, 0.5) is 22.9 Å². The first-order valence-corrected chi connectivity index (χ1v) is 8.34. The van der Waals surface area contributed by atoms with Crippen LogP contribution in [0.5, 0.6) is 0 Å². The van der Waals surface area contributed by atoms with Crippen molar-refractivity contribution in [2.45, 2.75) is 13.8 Å². The molecule has 2 amide bonds. The Morgan fingerprint density at radius 3 is 2.22 bits per heavy atom. The van der Waals surface area contributed by atoms with Crippen molar-refractivity contribution in [3.8, 4) is 0 Å². The largest absolute Gasteiger partial charge is 0.340 e. The van der Waals surface area contributed by atoms with Crippen molar-refractivity contribution in [3.63, 3.8) is 0 Å². The van der Waals surface area contributed by atoms with E-state index in [1.165, 1.54) is 13.3 Å². The smallest absolute Gasteiger partial charge is 0.274 e. The number of rotatable bonds is 5. The molecule has 27 heavy (non-hydrogen) atoms. The number of amides is 2. The Labute approximate surface area is 156 Å². The zero-order valence-corrected chi connectivity index (χ0v) is 15.0. The van der Waals surface area contributed by atoms with E-state index in [4.69, 9.17) is 0 Å². The molecular weight excluding hydrogens is 342 g/mol. The molecular formula is C20H19N5O2. The second kappa shape index (κ2) is 8.09. The van der Waals surface area contributed by atoms with Gasteiger partial charge in [-0.3, -0.25) is 9.59 Å². The fraction of sp³-hybridized carbons (Fsp3) is 0.100. The van der Waals surface area contributed by atoms with Crippen molar-refractivity contribution in [2.75, 3.05) is 16.0 Å². The van der Waals surface area contributed by atoms with Gasteiger partial charge in [0.2, 0.25) is 5.91 Å². The summed E-state index contributed by atoms with van der Waals surface area (Å²) < 4.78 is 0. The van der Waals surface area contributed by atoms with Crippen molar-refractivity contribution >= 4 is 34.7 Å². The first-order valence-electron chi connectivity index (χ1n) is 8.34. The van der Waals surface area contributed by atoms with Crippen LogP contribution in [0.15, 0.2) is 60.9 Å². The van der Waals surface area contributed by atoms with Gasteiger partial charge in [-0.1, -0.05) is 12.1 Å². The van der Waals surface area contributed by atoms with Gasteiger partial charge < -0.3 is 16.0 Å². The molecule has 7 nitrogen and oxygen atoms in total. The number of anilines is 4. The minimum atomic E-state index is -0.350. The van der Waals surface area contributed by atoms with Gasteiger partial charge in [-0.25, -0.2) is 9.97 Å². The van der Waals surface area contributed by atoms with Gasteiger partial charge in [0.15, 0.2) is 0 Å². The summed E-state index contributed by atoms with van der Waals surface area (Å²) in [5.41, 5.74) is 3.50. The van der Waals surface area contributed by atoms with E-state index in [1.54, 1.807) is 30.3 Å². The van der Waals surface area contributed by atoms with Gasteiger partial charge in [-0.05, 0) is 48.9 Å². The molecule has 0 radical (unpaired) electrons. The van der Waals surface area contributed by atoms with Gasteiger partial charge >= 0.3 is 0 Å². The fourth-order valence-electron chi connectivity index (χ4n) is 2.46. The highest BCUT2D eigenvalue weighted by Crippen LogP contribution is 2.17. The predicted molar refractivity (Wildman–Crippen MR) is 105 cm³/mol. The number of aryl methyl sites for hydroxylation is 1. The maximum Gasteiger partial charge on any atom is 0.274 e. The fourth-order valence-corrected chi connectivity index (χ4v) is 2.46. The SMILES string of the molecule is CC(=O)Nc1ccc(NC(=O)c2cc(Nc3cccc(C)c3)ncn2)cc1. The maximum absolute atomic E-state index is 12.4. The standard InChI is InChI=1S/C20H19N5O2/c1-13-4-3-5-17(10-13)24-19-11-18(21-12-22-19)20(27)25-16-8-6-15(7-9-16)23-14(2)26/h3-12H,1-2H3,(H,23,26)(H,25,27)(H,21,22,24). The topological polar surface area (TPSA) is 96.0 Å². The molecule has 0 spiro atoms. The minimum absolute atomic E-state index is 0.151. The van der Waals surface area contributed by atoms with Gasteiger partial charge in [-0.15, -0.1) is 0 Å². The molecule has 2 aromatic carbocycles. The average Bonchev–Trinajstić information content (AvgIpc) is 2.63. The van der Waals surface area contributed by atoms with Crippen LogP contribution in [-0.2, 0) is 4.79 Å². The predicted octanol–water partition coefficient (Wildman–Crippen LogP) is 3.74. The summed E-state index contributed by atoms with van der Waals surface area (Å²) in [5, 5.41) is 8.60. The molecule has 0 fully saturated rings. The molecule has 0 bridgehead atoms. The molecule has 3 rings (SSSR count). The summed E-state index contributed by atoms with van der Waals surface area (Å²) in [7, 11) is 0. The van der Waals surface area contributed by atoms with E-state index in [0.29, 0.717) is 17.2 Å². The molecule has 0 atom stereocenters. The van der Waals surface area contributed by atoms with Gasteiger partial charge in [-0.2, -0.15) is 0 Å². The van der Waals surface area contributed by atoms with Gasteiger partial charge in [0, 0.05) is 30.1 Å². The molecule has 0 aliphatic heterocycles. The highest BCUT2D eigenvalue weighted by molar-refractivity contribution is 6.03. The van der Waals surface area contributed by atoms with Crippen LogP contribution < -0.4 is 16.0 Å². The van der Waals surface area contributed by atoms with Crippen LogP contribution >= 0.6 is 0 Å². The highest BCUT2D eigenvalue weighted by Gasteiger charge is 2.10. The van der Waals surface area contributed by atoms with Gasteiger partial charge in [0.1, 0.15) is 17.8 Å². The van der Waals surface area contributed by atoms with Crippen LogP contribution in [-0.4, -0.2) is 21.8 Å².